The Morgan fingerprint density at radius 1 is 1.52 bits per heavy atom. The summed E-state index contributed by atoms with van der Waals surface area (Å²) < 4.78 is 0. The molecular weight excluding hydrogens is 314 g/mol. The van der Waals surface area contributed by atoms with Crippen molar-refractivity contribution in [3.63, 3.8) is 0 Å². The monoisotopic (exact) mass is 335 g/mol. The van der Waals surface area contributed by atoms with E-state index in [0.29, 0.717) is 28.1 Å². The van der Waals surface area contributed by atoms with E-state index >= 15 is 0 Å². The fraction of sp³-hybridized carbons (Fsp3) is 0.467. The fourth-order valence-corrected chi connectivity index (χ4v) is 2.93. The van der Waals surface area contributed by atoms with Gasteiger partial charge in [-0.25, -0.2) is 9.97 Å². The molecule has 1 aromatic heterocycles. The van der Waals surface area contributed by atoms with Crippen LogP contribution in [0.25, 0.3) is 6.08 Å². The van der Waals surface area contributed by atoms with Gasteiger partial charge in [-0.2, -0.15) is 0 Å². The molecule has 0 atom stereocenters. The predicted octanol–water partition coefficient (Wildman–Crippen LogP) is 0.662. The number of hydrogen-bond donors (Lipinski definition) is 2. The largest absolute Gasteiger partial charge is 0.355 e. The average molecular weight is 335 g/mol. The highest BCUT2D eigenvalue weighted by atomic mass is 32.2. The van der Waals surface area contributed by atoms with E-state index in [1.807, 2.05) is 0 Å². The number of likely N-dealkylation sites (N-methyl/N-ethyl adjacent to an activating group) is 1. The molecular formula is C15H21N5O2S. The highest BCUT2D eigenvalue weighted by Crippen LogP contribution is 2.21. The van der Waals surface area contributed by atoms with Crippen LogP contribution in [-0.2, 0) is 9.59 Å². The van der Waals surface area contributed by atoms with Gasteiger partial charge in [0.05, 0.1) is 10.6 Å². The summed E-state index contributed by atoms with van der Waals surface area (Å²) in [5, 5.41) is 2.51. The van der Waals surface area contributed by atoms with Gasteiger partial charge in [0.1, 0.15) is 0 Å². The van der Waals surface area contributed by atoms with Crippen LogP contribution in [0, 0.1) is 5.92 Å². The number of hydrogen-bond acceptors (Lipinski definition) is 7. The molecule has 0 unspecified atom stereocenters. The van der Waals surface area contributed by atoms with Gasteiger partial charge in [-0.15, -0.1) is 0 Å². The first kappa shape index (κ1) is 17.4. The van der Waals surface area contributed by atoms with Crippen molar-refractivity contribution in [2.45, 2.75) is 12.8 Å². The molecule has 3 N–H and O–H groups in total. The van der Waals surface area contributed by atoms with Gasteiger partial charge in [-0.05, 0) is 49.2 Å². The second-order valence-electron chi connectivity index (χ2n) is 5.25. The molecule has 1 amide bonds. The summed E-state index contributed by atoms with van der Waals surface area (Å²) in [5.74, 6) is 0.894. The third-order valence-corrected chi connectivity index (χ3v) is 4.45. The molecule has 2 rings (SSSR count). The predicted molar refractivity (Wildman–Crippen MR) is 92.4 cm³/mol. The molecule has 0 bridgehead atoms. The minimum atomic E-state index is -0.314. The first-order valence-electron chi connectivity index (χ1n) is 7.50. The highest BCUT2D eigenvalue weighted by Gasteiger charge is 2.20. The zero-order chi connectivity index (χ0) is 16.7. The van der Waals surface area contributed by atoms with Crippen molar-refractivity contribution in [2.75, 3.05) is 31.6 Å². The van der Waals surface area contributed by atoms with Crippen LogP contribution >= 0.6 is 11.8 Å². The van der Waals surface area contributed by atoms with Gasteiger partial charge in [-0.1, -0.05) is 0 Å². The van der Waals surface area contributed by atoms with Crippen LogP contribution in [0.15, 0.2) is 17.2 Å². The lowest BCUT2D eigenvalue weighted by atomic mass is 9.97. The van der Waals surface area contributed by atoms with Crippen molar-refractivity contribution in [3.8, 4) is 0 Å². The third-order valence-electron chi connectivity index (χ3n) is 3.80. The molecule has 0 saturated carbocycles. The van der Waals surface area contributed by atoms with Crippen molar-refractivity contribution < 1.29 is 9.59 Å². The zero-order valence-electron chi connectivity index (χ0n) is 13.1. The lowest BCUT2D eigenvalue weighted by Gasteiger charge is -2.31. The highest BCUT2D eigenvalue weighted by molar-refractivity contribution is 8.16. The lowest BCUT2D eigenvalue weighted by molar-refractivity contribution is -0.116. The SMILES string of the molecule is CNC(=O)/C(=C/c1ccnc(N2CCC(CN)CC2)n1)SC=O. The van der Waals surface area contributed by atoms with Crippen LogP contribution in [-0.4, -0.2) is 48.2 Å². The van der Waals surface area contributed by atoms with Crippen molar-refractivity contribution in [2.24, 2.45) is 11.7 Å². The minimum absolute atomic E-state index is 0.300. The first-order valence-corrected chi connectivity index (χ1v) is 8.38. The van der Waals surface area contributed by atoms with Crippen LogP contribution in [0.5, 0.6) is 0 Å². The maximum atomic E-state index is 11.7. The Morgan fingerprint density at radius 2 is 2.26 bits per heavy atom. The van der Waals surface area contributed by atoms with Gasteiger partial charge in [-0.3, -0.25) is 9.59 Å². The van der Waals surface area contributed by atoms with Crippen LogP contribution in [0.1, 0.15) is 18.5 Å². The van der Waals surface area contributed by atoms with E-state index in [1.54, 1.807) is 18.3 Å². The summed E-state index contributed by atoms with van der Waals surface area (Å²) in [6.07, 6.45) is 5.32. The molecule has 1 aromatic rings. The van der Waals surface area contributed by atoms with Gasteiger partial charge < -0.3 is 16.0 Å². The smallest absolute Gasteiger partial charge is 0.257 e. The molecule has 0 spiro atoms. The molecule has 0 aromatic carbocycles. The van der Waals surface area contributed by atoms with Crippen LogP contribution in [0.4, 0.5) is 5.95 Å². The number of piperidine rings is 1. The zero-order valence-corrected chi connectivity index (χ0v) is 13.9. The number of nitrogens with one attached hydrogen (secondary N) is 1. The lowest BCUT2D eigenvalue weighted by Crippen LogP contribution is -2.37. The van der Waals surface area contributed by atoms with Crippen LogP contribution in [0.2, 0.25) is 0 Å². The van der Waals surface area contributed by atoms with E-state index < -0.39 is 0 Å². The van der Waals surface area contributed by atoms with Gasteiger partial charge in [0.15, 0.2) is 5.62 Å². The normalized spacial score (nSPS) is 16.3. The van der Waals surface area contributed by atoms with Crippen molar-refractivity contribution >= 4 is 35.3 Å². The Bertz CT molecular complexity index is 585. The van der Waals surface area contributed by atoms with E-state index in [-0.39, 0.29) is 5.91 Å². The van der Waals surface area contributed by atoms with Crippen molar-refractivity contribution in [3.05, 3.63) is 22.9 Å². The Labute approximate surface area is 139 Å². The van der Waals surface area contributed by atoms with Crippen molar-refractivity contribution in [1.82, 2.24) is 15.3 Å². The average Bonchev–Trinajstić information content (AvgIpc) is 2.61. The fourth-order valence-electron chi connectivity index (χ4n) is 2.43. The maximum Gasteiger partial charge on any atom is 0.257 e. The second-order valence-corrected chi connectivity index (χ2v) is 6.12. The Kier molecular flexibility index (Phi) is 6.54. The summed E-state index contributed by atoms with van der Waals surface area (Å²) in [5.41, 5.74) is 6.94. The first-order chi connectivity index (χ1) is 11.2. The molecule has 1 saturated heterocycles. The molecule has 2 heterocycles. The Morgan fingerprint density at radius 3 is 2.87 bits per heavy atom. The number of carbonyl (C=O) groups is 2. The number of carbonyl (C=O) groups excluding carboxylic acids is 2. The number of nitrogens with two attached hydrogens (primary N) is 1. The molecule has 8 heteroatoms. The molecule has 23 heavy (non-hydrogen) atoms. The molecule has 0 aliphatic carbocycles. The molecule has 0 radical (unpaired) electrons. The quantitative estimate of drug-likeness (QED) is 0.582. The number of rotatable bonds is 6. The van der Waals surface area contributed by atoms with E-state index in [0.717, 1.165) is 44.2 Å². The molecule has 1 aliphatic heterocycles. The maximum absolute atomic E-state index is 11.7. The van der Waals surface area contributed by atoms with E-state index in [1.165, 1.54) is 7.05 Å². The van der Waals surface area contributed by atoms with Crippen LogP contribution < -0.4 is 16.0 Å². The molecule has 7 nitrogen and oxygen atoms in total. The van der Waals surface area contributed by atoms with Crippen molar-refractivity contribution in [1.29, 1.82) is 0 Å². The number of thioether (sulfide) groups is 1. The standard InChI is InChI=1S/C15H21N5O2S/c1-17-14(22)13(23-10-21)8-12-2-5-18-15(19-12)20-6-3-11(9-16)4-7-20/h2,5,8,10-11H,3-4,6-7,9,16H2,1H3,(H,17,22)/b13-8-. The topological polar surface area (TPSA) is 101 Å². The molecule has 1 fully saturated rings. The van der Waals surface area contributed by atoms with E-state index in [2.05, 4.69) is 20.2 Å². The number of amides is 1. The summed E-state index contributed by atoms with van der Waals surface area (Å²) in [7, 11) is 1.52. The molecule has 1 aliphatic rings. The summed E-state index contributed by atoms with van der Waals surface area (Å²) in [4.78, 5) is 33.6. The van der Waals surface area contributed by atoms with Gasteiger partial charge in [0.25, 0.3) is 5.91 Å². The summed E-state index contributed by atoms with van der Waals surface area (Å²) in [6, 6.07) is 1.71. The summed E-state index contributed by atoms with van der Waals surface area (Å²) >= 11 is 0.829. The van der Waals surface area contributed by atoms with E-state index in [4.69, 9.17) is 5.73 Å². The minimum Gasteiger partial charge on any atom is -0.355 e. The van der Waals surface area contributed by atoms with E-state index in [9.17, 15) is 9.59 Å². The number of nitrogens with zero attached hydrogens (tertiary/aromatic N) is 3. The molecule has 124 valence electrons. The van der Waals surface area contributed by atoms with Gasteiger partial charge >= 0.3 is 0 Å². The summed E-state index contributed by atoms with van der Waals surface area (Å²) in [6.45, 7) is 2.47. The second kappa shape index (κ2) is 8.64. The van der Waals surface area contributed by atoms with Crippen LogP contribution in [0.3, 0.4) is 0 Å². The Hall–Kier alpha value is -1.93. The number of anilines is 1. The third kappa shape index (κ3) is 4.77. The van der Waals surface area contributed by atoms with Gasteiger partial charge in [0, 0.05) is 26.3 Å². The van der Waals surface area contributed by atoms with Gasteiger partial charge in [0.2, 0.25) is 5.95 Å². The number of aromatic nitrogens is 2. The Balaban J connectivity index is 2.16.